The van der Waals surface area contributed by atoms with E-state index >= 15 is 0 Å². The second-order valence-electron chi connectivity index (χ2n) is 9.75. The standard InChI is InChI=1S/C32H24FN5O5/c1-34-32(39)29-21-14-20(23(37-43-41-3)16-27(21)42-31(29)18-4-7-19(33)8-5-18)22-9-6-17-12-13-38-25-10-11-28(40-2)35-24(25)15-26(38)30(17)36-22/h4-16,37H,1-3H3,(H,34,39). The van der Waals surface area contributed by atoms with Crippen molar-refractivity contribution in [2.75, 3.05) is 26.7 Å². The molecule has 0 aliphatic heterocycles. The highest BCUT2D eigenvalue weighted by atomic mass is 19.1. The van der Waals surface area contributed by atoms with Gasteiger partial charge in [-0.25, -0.2) is 24.7 Å². The highest BCUT2D eigenvalue weighted by Crippen LogP contribution is 2.40. The molecule has 10 nitrogen and oxygen atoms in total. The molecule has 5 aromatic heterocycles. The smallest absolute Gasteiger partial charge is 0.255 e. The number of nitrogens with zero attached hydrogens (tertiary/aromatic N) is 3. The molecule has 11 heteroatoms. The zero-order valence-electron chi connectivity index (χ0n) is 23.3. The molecule has 7 rings (SSSR count). The fourth-order valence-corrected chi connectivity index (χ4v) is 5.34. The molecule has 1 amide bonds. The zero-order chi connectivity index (χ0) is 29.7. The lowest BCUT2D eigenvalue weighted by Crippen LogP contribution is -2.18. The summed E-state index contributed by atoms with van der Waals surface area (Å²) in [5, 5.41) is 4.16. The Labute approximate surface area is 243 Å². The Hall–Kier alpha value is -5.52. The Balaban J connectivity index is 1.47. The number of fused-ring (bicyclic) bond motifs is 6. The molecule has 0 saturated carbocycles. The number of benzene rings is 2. The molecule has 0 saturated heterocycles. The highest BCUT2D eigenvalue weighted by molar-refractivity contribution is 6.13. The minimum absolute atomic E-state index is 0.307. The number of nitrogens with one attached hydrogen (secondary N) is 2. The molecule has 0 atom stereocenters. The number of methoxy groups -OCH3 is 1. The quantitative estimate of drug-likeness (QED) is 0.163. The summed E-state index contributed by atoms with van der Waals surface area (Å²) in [7, 11) is 4.50. The first-order valence-corrected chi connectivity index (χ1v) is 13.3. The monoisotopic (exact) mass is 577 g/mol. The first-order chi connectivity index (χ1) is 21.0. The van der Waals surface area contributed by atoms with Gasteiger partial charge in [0, 0.05) is 47.3 Å². The summed E-state index contributed by atoms with van der Waals surface area (Å²) < 4.78 is 27.2. The van der Waals surface area contributed by atoms with Gasteiger partial charge < -0.3 is 18.9 Å². The highest BCUT2D eigenvalue weighted by Gasteiger charge is 2.24. The number of anilines is 1. The van der Waals surface area contributed by atoms with Crippen molar-refractivity contribution in [2.24, 2.45) is 0 Å². The maximum atomic E-state index is 13.7. The van der Waals surface area contributed by atoms with E-state index in [9.17, 15) is 9.18 Å². The van der Waals surface area contributed by atoms with Crippen molar-refractivity contribution >= 4 is 50.0 Å². The molecule has 0 fully saturated rings. The van der Waals surface area contributed by atoms with Crippen LogP contribution in [0.1, 0.15) is 10.4 Å². The lowest BCUT2D eigenvalue weighted by molar-refractivity contribution is -0.248. The molecule has 0 bridgehead atoms. The molecule has 43 heavy (non-hydrogen) atoms. The van der Waals surface area contributed by atoms with Crippen LogP contribution < -0.4 is 15.5 Å². The van der Waals surface area contributed by atoms with E-state index in [0.29, 0.717) is 50.7 Å². The Morgan fingerprint density at radius 2 is 1.79 bits per heavy atom. The van der Waals surface area contributed by atoms with E-state index in [4.69, 9.17) is 24.0 Å². The fourth-order valence-electron chi connectivity index (χ4n) is 5.34. The van der Waals surface area contributed by atoms with Crippen molar-refractivity contribution < 1.29 is 28.2 Å². The van der Waals surface area contributed by atoms with Crippen molar-refractivity contribution in [3.63, 3.8) is 0 Å². The second-order valence-corrected chi connectivity index (χ2v) is 9.75. The minimum Gasteiger partial charge on any atom is -0.481 e. The molecular weight excluding hydrogens is 553 g/mol. The van der Waals surface area contributed by atoms with Crippen LogP contribution >= 0.6 is 0 Å². The first-order valence-electron chi connectivity index (χ1n) is 13.3. The van der Waals surface area contributed by atoms with Crippen molar-refractivity contribution in [3.8, 4) is 28.5 Å². The summed E-state index contributed by atoms with van der Waals surface area (Å²) in [6, 6.07) is 20.9. The van der Waals surface area contributed by atoms with Gasteiger partial charge in [-0.2, -0.15) is 0 Å². The van der Waals surface area contributed by atoms with E-state index in [1.54, 1.807) is 32.4 Å². The topological polar surface area (TPSA) is 112 Å². The van der Waals surface area contributed by atoms with Crippen LogP contribution in [0.4, 0.5) is 10.1 Å². The molecule has 0 aliphatic carbocycles. The molecule has 2 aromatic carbocycles. The maximum Gasteiger partial charge on any atom is 0.255 e. The van der Waals surface area contributed by atoms with Gasteiger partial charge in [-0.1, -0.05) is 6.07 Å². The summed E-state index contributed by atoms with van der Waals surface area (Å²) in [6.07, 6.45) is 1.99. The van der Waals surface area contributed by atoms with Crippen LogP contribution in [0.3, 0.4) is 0 Å². The largest absolute Gasteiger partial charge is 0.481 e. The predicted molar refractivity (Wildman–Crippen MR) is 160 cm³/mol. The molecule has 5 heterocycles. The van der Waals surface area contributed by atoms with Gasteiger partial charge in [0.15, 0.2) is 0 Å². The van der Waals surface area contributed by atoms with E-state index in [1.165, 1.54) is 19.2 Å². The molecule has 214 valence electrons. The summed E-state index contributed by atoms with van der Waals surface area (Å²) >= 11 is 0. The number of hydrogen-bond donors (Lipinski definition) is 2. The number of amides is 1. The second kappa shape index (κ2) is 10.4. The first kappa shape index (κ1) is 26.4. The summed E-state index contributed by atoms with van der Waals surface area (Å²) in [6.45, 7) is 0. The number of rotatable bonds is 7. The number of furan rings is 1. The molecule has 0 unspecified atom stereocenters. The Morgan fingerprint density at radius 3 is 2.56 bits per heavy atom. The van der Waals surface area contributed by atoms with Gasteiger partial charge in [0.05, 0.1) is 53.2 Å². The van der Waals surface area contributed by atoms with Crippen LogP contribution in [0, 0.1) is 5.82 Å². The van der Waals surface area contributed by atoms with Gasteiger partial charge in [-0.05, 0) is 54.6 Å². The van der Waals surface area contributed by atoms with Crippen LogP contribution in [0.2, 0.25) is 0 Å². The van der Waals surface area contributed by atoms with E-state index in [1.807, 2.05) is 53.1 Å². The van der Waals surface area contributed by atoms with Gasteiger partial charge in [0.2, 0.25) is 5.88 Å². The predicted octanol–water partition coefficient (Wildman–Crippen LogP) is 6.53. The van der Waals surface area contributed by atoms with Gasteiger partial charge in [-0.3, -0.25) is 4.79 Å². The third-order valence-corrected chi connectivity index (χ3v) is 7.35. The molecule has 0 spiro atoms. The minimum atomic E-state index is -0.394. The van der Waals surface area contributed by atoms with Gasteiger partial charge in [-0.15, -0.1) is 4.99 Å². The number of pyridine rings is 3. The van der Waals surface area contributed by atoms with Crippen LogP contribution in [-0.4, -0.2) is 41.5 Å². The van der Waals surface area contributed by atoms with Gasteiger partial charge >= 0.3 is 0 Å². The fraction of sp³-hybridized carbons (Fsp3) is 0.0938. The lowest BCUT2D eigenvalue weighted by Gasteiger charge is -2.12. The molecule has 7 aromatic rings. The third-order valence-electron chi connectivity index (χ3n) is 7.35. The van der Waals surface area contributed by atoms with Crippen LogP contribution in [0.25, 0.3) is 61.0 Å². The van der Waals surface area contributed by atoms with Crippen LogP contribution in [0.15, 0.2) is 83.4 Å². The number of halogens is 1. The number of hydrogen-bond acceptors (Lipinski definition) is 8. The summed E-state index contributed by atoms with van der Waals surface area (Å²) in [5.41, 5.74) is 9.10. The van der Waals surface area contributed by atoms with E-state index < -0.39 is 5.82 Å². The van der Waals surface area contributed by atoms with Crippen molar-refractivity contribution in [1.29, 1.82) is 0 Å². The van der Waals surface area contributed by atoms with Crippen LogP contribution in [0.5, 0.6) is 5.88 Å². The van der Waals surface area contributed by atoms with E-state index in [2.05, 4.69) is 15.8 Å². The molecule has 0 radical (unpaired) electrons. The van der Waals surface area contributed by atoms with Crippen molar-refractivity contribution in [3.05, 3.63) is 90.4 Å². The van der Waals surface area contributed by atoms with E-state index in [-0.39, 0.29) is 5.91 Å². The SMILES string of the molecule is CNC(=O)c1c(-c2ccc(F)cc2)oc2cc(NOOC)c(-c3ccc4ccn5c6ccc(OC)nc6cc5c4n3)cc12. The maximum absolute atomic E-state index is 13.7. The number of carbonyl (C=O) groups is 1. The lowest BCUT2D eigenvalue weighted by atomic mass is 10.0. The summed E-state index contributed by atoms with van der Waals surface area (Å²) in [4.78, 5) is 32.7. The Kier molecular flexibility index (Phi) is 6.38. The van der Waals surface area contributed by atoms with E-state index in [0.717, 1.165) is 27.5 Å². The Bertz CT molecular complexity index is 2190. The van der Waals surface area contributed by atoms with Crippen molar-refractivity contribution in [1.82, 2.24) is 19.7 Å². The average Bonchev–Trinajstić information content (AvgIpc) is 3.61. The van der Waals surface area contributed by atoms with Crippen molar-refractivity contribution in [2.45, 2.75) is 0 Å². The Morgan fingerprint density at radius 1 is 0.953 bits per heavy atom. The zero-order valence-corrected chi connectivity index (χ0v) is 23.3. The normalized spacial score (nSPS) is 11.5. The molecular formula is C32H24FN5O5. The summed E-state index contributed by atoms with van der Waals surface area (Å²) in [5.74, 6) is 0.0830. The number of ether oxygens (including phenoxy) is 1. The average molecular weight is 578 g/mol. The third kappa shape index (κ3) is 4.38. The van der Waals surface area contributed by atoms with Crippen LogP contribution in [-0.2, 0) is 9.88 Å². The molecule has 2 N–H and O–H groups in total. The van der Waals surface area contributed by atoms with Gasteiger partial charge in [0.25, 0.3) is 5.91 Å². The molecule has 0 aliphatic rings. The number of aromatic nitrogens is 3. The number of carbonyl (C=O) groups excluding carboxylic acids is 1. The van der Waals surface area contributed by atoms with Gasteiger partial charge in [0.1, 0.15) is 17.2 Å².